The number of hydrogen-bond acceptors (Lipinski definition) is 2. The predicted octanol–water partition coefficient (Wildman–Crippen LogP) is 4.45. The van der Waals surface area contributed by atoms with Gasteiger partial charge in [0.15, 0.2) is 0 Å². The molecule has 0 radical (unpaired) electrons. The second-order valence-electron chi connectivity index (χ2n) is 5.53. The summed E-state index contributed by atoms with van der Waals surface area (Å²) in [4.78, 5) is 10.7. The lowest BCUT2D eigenvalue weighted by atomic mass is 9.86. The molecule has 2 nitrogen and oxygen atoms in total. The number of benzene rings is 1. The number of esters is 1. The predicted molar refractivity (Wildman–Crippen MR) is 78.7 cm³/mol. The topological polar surface area (TPSA) is 26.3 Å². The molecular formula is C17H22O2. The minimum atomic E-state index is -0.328. The molecule has 0 aliphatic heterocycles. The average Bonchev–Trinajstić information content (AvgIpc) is 2.33. The van der Waals surface area contributed by atoms with Crippen molar-refractivity contribution in [3.63, 3.8) is 0 Å². The van der Waals surface area contributed by atoms with Crippen LogP contribution in [0.2, 0.25) is 0 Å². The maximum absolute atomic E-state index is 10.7. The highest BCUT2D eigenvalue weighted by molar-refractivity contribution is 5.68. The average molecular weight is 258 g/mol. The quantitative estimate of drug-likeness (QED) is 0.455. The molecule has 19 heavy (non-hydrogen) atoms. The van der Waals surface area contributed by atoms with E-state index in [1.165, 1.54) is 18.7 Å². The van der Waals surface area contributed by atoms with Crippen molar-refractivity contribution < 1.29 is 9.53 Å². The van der Waals surface area contributed by atoms with Crippen molar-refractivity contribution in [1.82, 2.24) is 0 Å². The molecule has 2 heteroatoms. The van der Waals surface area contributed by atoms with Crippen LogP contribution >= 0.6 is 0 Å². The fourth-order valence-corrected chi connectivity index (χ4v) is 1.74. The van der Waals surface area contributed by atoms with Gasteiger partial charge < -0.3 is 4.74 Å². The Hall–Kier alpha value is -1.79. The third kappa shape index (κ3) is 4.76. The second-order valence-corrected chi connectivity index (χ2v) is 5.53. The Labute approximate surface area is 115 Å². The lowest BCUT2D eigenvalue weighted by molar-refractivity contribution is -0.135. The van der Waals surface area contributed by atoms with Gasteiger partial charge >= 0.3 is 5.97 Å². The van der Waals surface area contributed by atoms with E-state index in [1.807, 2.05) is 0 Å². The van der Waals surface area contributed by atoms with E-state index in [9.17, 15) is 4.79 Å². The molecule has 0 unspecified atom stereocenters. The Morgan fingerprint density at radius 2 is 1.84 bits per heavy atom. The van der Waals surface area contributed by atoms with Crippen molar-refractivity contribution in [2.75, 3.05) is 0 Å². The molecular weight excluding hydrogens is 236 g/mol. The highest BCUT2D eigenvalue weighted by Gasteiger charge is 2.13. The number of carbonyl (C=O) groups excluding carboxylic acids is 1. The normalized spacial score (nSPS) is 10.6. The molecule has 1 aromatic carbocycles. The summed E-state index contributed by atoms with van der Waals surface area (Å²) in [5.74, 6) is -0.328. The summed E-state index contributed by atoms with van der Waals surface area (Å²) in [6.45, 7) is 10.0. The highest BCUT2D eigenvalue weighted by Crippen LogP contribution is 2.24. The standard InChI is InChI=1S/C17H22O2/c1-6-14(11-12-19-13(2)18)15-7-9-16(10-8-15)17(3,4)5/h7-10,12H,6H2,1-5H3. The third-order valence-electron chi connectivity index (χ3n) is 2.91. The van der Waals surface area contributed by atoms with Gasteiger partial charge in [0.25, 0.3) is 0 Å². The maximum Gasteiger partial charge on any atom is 0.308 e. The molecule has 102 valence electrons. The van der Waals surface area contributed by atoms with Crippen molar-refractivity contribution in [3.05, 3.63) is 47.4 Å². The lowest BCUT2D eigenvalue weighted by Crippen LogP contribution is -2.10. The van der Waals surface area contributed by atoms with Gasteiger partial charge in [0.1, 0.15) is 6.26 Å². The number of hydrogen-bond donors (Lipinski definition) is 0. The molecule has 0 fully saturated rings. The summed E-state index contributed by atoms with van der Waals surface area (Å²) in [6.07, 6.45) is 2.17. The molecule has 0 bridgehead atoms. The van der Waals surface area contributed by atoms with E-state index >= 15 is 0 Å². The van der Waals surface area contributed by atoms with Crippen LogP contribution in [0.3, 0.4) is 0 Å². The summed E-state index contributed by atoms with van der Waals surface area (Å²) < 4.78 is 4.78. The molecule has 0 aromatic heterocycles. The SMILES string of the molecule is CCC(=C=COC(C)=O)c1ccc(C(C)(C)C)cc1. The number of rotatable bonds is 3. The lowest BCUT2D eigenvalue weighted by Gasteiger charge is -2.19. The minimum Gasteiger partial charge on any atom is -0.426 e. The van der Waals surface area contributed by atoms with E-state index < -0.39 is 0 Å². The fraction of sp³-hybridized carbons (Fsp3) is 0.412. The molecule has 0 aliphatic carbocycles. The van der Waals surface area contributed by atoms with Crippen LogP contribution in [0.25, 0.3) is 5.57 Å². The Bertz CT molecular complexity index is 495. The minimum absolute atomic E-state index is 0.155. The zero-order chi connectivity index (χ0) is 14.5. The summed E-state index contributed by atoms with van der Waals surface area (Å²) in [7, 11) is 0. The molecule has 1 rings (SSSR count). The first-order valence-corrected chi connectivity index (χ1v) is 6.56. The van der Waals surface area contributed by atoms with Crippen LogP contribution < -0.4 is 0 Å². The summed E-state index contributed by atoms with van der Waals surface area (Å²) >= 11 is 0. The van der Waals surface area contributed by atoms with Crippen molar-refractivity contribution in [1.29, 1.82) is 0 Å². The first-order valence-electron chi connectivity index (χ1n) is 6.56. The van der Waals surface area contributed by atoms with Crippen molar-refractivity contribution in [2.45, 2.75) is 46.5 Å². The molecule has 0 spiro atoms. The smallest absolute Gasteiger partial charge is 0.308 e. The van der Waals surface area contributed by atoms with Crippen LogP contribution in [0, 0.1) is 0 Å². The van der Waals surface area contributed by atoms with Gasteiger partial charge in [-0.15, -0.1) is 0 Å². The summed E-state index contributed by atoms with van der Waals surface area (Å²) in [5, 5.41) is 0. The molecule has 0 heterocycles. The van der Waals surface area contributed by atoms with E-state index in [1.54, 1.807) is 0 Å². The summed E-state index contributed by atoms with van der Waals surface area (Å²) in [5.41, 5.74) is 6.62. The summed E-state index contributed by atoms with van der Waals surface area (Å²) in [6, 6.07) is 8.46. The van der Waals surface area contributed by atoms with Gasteiger partial charge in [0.2, 0.25) is 0 Å². The van der Waals surface area contributed by atoms with Crippen molar-refractivity contribution in [3.8, 4) is 0 Å². The van der Waals surface area contributed by atoms with E-state index in [4.69, 9.17) is 4.74 Å². The van der Waals surface area contributed by atoms with Crippen LogP contribution in [0.1, 0.15) is 52.2 Å². The van der Waals surface area contributed by atoms with Gasteiger partial charge in [0.05, 0.1) is 0 Å². The van der Waals surface area contributed by atoms with Gasteiger partial charge in [-0.25, -0.2) is 0 Å². The molecule has 0 aliphatic rings. The molecule has 0 amide bonds. The number of carbonyl (C=O) groups is 1. The molecule has 0 saturated heterocycles. The molecule has 0 N–H and O–H groups in total. The van der Waals surface area contributed by atoms with Crippen molar-refractivity contribution in [2.24, 2.45) is 0 Å². The monoisotopic (exact) mass is 258 g/mol. The first-order chi connectivity index (χ1) is 8.84. The molecule has 1 aromatic rings. The van der Waals surface area contributed by atoms with Crippen LogP contribution in [0.15, 0.2) is 36.3 Å². The third-order valence-corrected chi connectivity index (χ3v) is 2.91. The first kappa shape index (κ1) is 15.3. The van der Waals surface area contributed by atoms with Gasteiger partial charge in [-0.1, -0.05) is 57.7 Å². The van der Waals surface area contributed by atoms with Gasteiger partial charge in [-0.3, -0.25) is 4.79 Å². The van der Waals surface area contributed by atoms with Crippen LogP contribution in [0.5, 0.6) is 0 Å². The number of ether oxygens (including phenoxy) is 1. The van der Waals surface area contributed by atoms with Crippen LogP contribution in [-0.4, -0.2) is 5.97 Å². The largest absolute Gasteiger partial charge is 0.426 e. The van der Waals surface area contributed by atoms with Crippen LogP contribution in [0.4, 0.5) is 0 Å². The van der Waals surface area contributed by atoms with Gasteiger partial charge in [-0.05, 0) is 23.0 Å². The van der Waals surface area contributed by atoms with E-state index in [2.05, 4.69) is 57.7 Å². The van der Waals surface area contributed by atoms with Gasteiger partial charge in [-0.2, -0.15) is 0 Å². The van der Waals surface area contributed by atoms with Crippen LogP contribution in [-0.2, 0) is 14.9 Å². The highest BCUT2D eigenvalue weighted by atomic mass is 16.5. The van der Waals surface area contributed by atoms with E-state index in [-0.39, 0.29) is 11.4 Å². The Kier molecular flexibility index (Phi) is 5.14. The zero-order valence-corrected chi connectivity index (χ0v) is 12.4. The van der Waals surface area contributed by atoms with Gasteiger partial charge in [0, 0.05) is 12.5 Å². The maximum atomic E-state index is 10.7. The second kappa shape index (κ2) is 6.40. The van der Waals surface area contributed by atoms with E-state index in [0.29, 0.717) is 0 Å². The molecule has 0 saturated carbocycles. The fourth-order valence-electron chi connectivity index (χ4n) is 1.74. The Balaban J connectivity index is 3.01. The Morgan fingerprint density at radius 3 is 2.26 bits per heavy atom. The van der Waals surface area contributed by atoms with Crippen molar-refractivity contribution >= 4 is 11.5 Å². The zero-order valence-electron chi connectivity index (χ0n) is 12.4. The molecule has 0 atom stereocenters. The number of allylic oxidation sites excluding steroid dienone is 1. The Morgan fingerprint density at radius 1 is 1.26 bits per heavy atom. The van der Waals surface area contributed by atoms with E-state index in [0.717, 1.165) is 17.6 Å².